The van der Waals surface area contributed by atoms with Gasteiger partial charge in [-0.15, -0.1) is 0 Å². The lowest BCUT2D eigenvalue weighted by molar-refractivity contribution is -0.130. The Kier molecular flexibility index (Phi) is 4.14. The van der Waals surface area contributed by atoms with Crippen molar-refractivity contribution in [3.8, 4) is 0 Å². The van der Waals surface area contributed by atoms with Crippen molar-refractivity contribution in [2.45, 2.75) is 25.8 Å². The second-order valence-corrected chi connectivity index (χ2v) is 4.56. The Morgan fingerprint density at radius 1 is 1.53 bits per heavy atom. The lowest BCUT2D eigenvalue weighted by atomic mass is 10.1. The van der Waals surface area contributed by atoms with Crippen LogP contribution in [-0.4, -0.2) is 45.2 Å². The maximum absolute atomic E-state index is 11.9. The zero-order valence-electron chi connectivity index (χ0n) is 9.96. The first-order valence-corrected chi connectivity index (χ1v) is 6.14. The summed E-state index contributed by atoms with van der Waals surface area (Å²) in [7, 11) is 0. The van der Waals surface area contributed by atoms with E-state index in [9.17, 15) is 4.79 Å². The number of hydrogen-bond donors (Lipinski definition) is 1. The Morgan fingerprint density at radius 2 is 2.41 bits per heavy atom. The SMILES string of the molecule is O=C(CCn1ccnc1)N1CCC(CCO)C1. The molecule has 17 heavy (non-hydrogen) atoms. The molecular weight excluding hydrogens is 218 g/mol. The van der Waals surface area contributed by atoms with E-state index in [1.165, 1.54) is 0 Å². The molecule has 1 amide bonds. The molecule has 0 radical (unpaired) electrons. The molecule has 2 rings (SSSR count). The summed E-state index contributed by atoms with van der Waals surface area (Å²) in [5.41, 5.74) is 0. The second-order valence-electron chi connectivity index (χ2n) is 4.56. The number of carbonyl (C=O) groups excluding carboxylic acids is 1. The zero-order valence-corrected chi connectivity index (χ0v) is 9.96. The smallest absolute Gasteiger partial charge is 0.224 e. The average Bonchev–Trinajstić information content (AvgIpc) is 2.97. The van der Waals surface area contributed by atoms with Gasteiger partial charge in [-0.2, -0.15) is 0 Å². The minimum Gasteiger partial charge on any atom is -0.396 e. The van der Waals surface area contributed by atoms with Gasteiger partial charge < -0.3 is 14.6 Å². The third-order valence-corrected chi connectivity index (χ3v) is 3.32. The Labute approximate surface area is 101 Å². The van der Waals surface area contributed by atoms with E-state index >= 15 is 0 Å². The Hall–Kier alpha value is -1.36. The summed E-state index contributed by atoms with van der Waals surface area (Å²) >= 11 is 0. The third-order valence-electron chi connectivity index (χ3n) is 3.32. The van der Waals surface area contributed by atoms with Crippen LogP contribution in [0.4, 0.5) is 0 Å². The van der Waals surface area contributed by atoms with Gasteiger partial charge in [0.05, 0.1) is 6.33 Å². The highest BCUT2D eigenvalue weighted by Crippen LogP contribution is 2.19. The van der Waals surface area contributed by atoms with Gasteiger partial charge in [0.2, 0.25) is 5.91 Å². The average molecular weight is 237 g/mol. The zero-order chi connectivity index (χ0) is 12.1. The van der Waals surface area contributed by atoms with Crippen molar-refractivity contribution in [1.29, 1.82) is 0 Å². The molecule has 5 nitrogen and oxygen atoms in total. The van der Waals surface area contributed by atoms with E-state index in [0.29, 0.717) is 18.9 Å². The lowest BCUT2D eigenvalue weighted by Gasteiger charge is -2.16. The van der Waals surface area contributed by atoms with Gasteiger partial charge in [-0.25, -0.2) is 4.98 Å². The van der Waals surface area contributed by atoms with E-state index in [2.05, 4.69) is 4.98 Å². The number of carbonyl (C=O) groups is 1. The highest BCUT2D eigenvalue weighted by atomic mass is 16.3. The number of aromatic nitrogens is 2. The summed E-state index contributed by atoms with van der Waals surface area (Å²) in [6.45, 7) is 2.57. The fourth-order valence-corrected chi connectivity index (χ4v) is 2.28. The maximum Gasteiger partial charge on any atom is 0.224 e. The van der Waals surface area contributed by atoms with Gasteiger partial charge in [0.25, 0.3) is 0 Å². The summed E-state index contributed by atoms with van der Waals surface area (Å²) in [5, 5.41) is 8.87. The number of imidazole rings is 1. The molecule has 1 aromatic rings. The van der Waals surface area contributed by atoms with Crippen molar-refractivity contribution in [2.24, 2.45) is 5.92 Å². The lowest BCUT2D eigenvalue weighted by Crippen LogP contribution is -2.29. The number of aliphatic hydroxyl groups is 1. The minimum atomic E-state index is 0.208. The molecule has 2 heterocycles. The van der Waals surface area contributed by atoms with Crippen LogP contribution in [0.15, 0.2) is 18.7 Å². The van der Waals surface area contributed by atoms with E-state index in [4.69, 9.17) is 5.11 Å². The molecule has 0 aromatic carbocycles. The van der Waals surface area contributed by atoms with Gasteiger partial charge in [0.15, 0.2) is 0 Å². The molecule has 1 atom stereocenters. The number of rotatable bonds is 5. The van der Waals surface area contributed by atoms with Gasteiger partial charge in [0, 0.05) is 45.1 Å². The fraction of sp³-hybridized carbons (Fsp3) is 0.667. The molecule has 1 aliphatic heterocycles. The molecule has 1 unspecified atom stereocenters. The minimum absolute atomic E-state index is 0.208. The van der Waals surface area contributed by atoms with E-state index in [1.54, 1.807) is 12.5 Å². The number of aryl methyl sites for hydroxylation is 1. The normalized spacial score (nSPS) is 19.8. The Bertz CT molecular complexity index is 351. The number of amides is 1. The monoisotopic (exact) mass is 237 g/mol. The van der Waals surface area contributed by atoms with E-state index in [0.717, 1.165) is 25.9 Å². The van der Waals surface area contributed by atoms with Crippen molar-refractivity contribution in [3.63, 3.8) is 0 Å². The van der Waals surface area contributed by atoms with Gasteiger partial charge in [0.1, 0.15) is 0 Å². The largest absolute Gasteiger partial charge is 0.396 e. The molecule has 1 N–H and O–H groups in total. The van der Waals surface area contributed by atoms with Crippen LogP contribution in [-0.2, 0) is 11.3 Å². The third kappa shape index (κ3) is 3.30. The summed E-state index contributed by atoms with van der Waals surface area (Å²) in [6.07, 6.45) is 7.68. The summed E-state index contributed by atoms with van der Waals surface area (Å²) < 4.78 is 1.92. The molecule has 0 bridgehead atoms. The Balaban J connectivity index is 1.73. The highest BCUT2D eigenvalue weighted by Gasteiger charge is 2.25. The van der Waals surface area contributed by atoms with Crippen LogP contribution in [0.25, 0.3) is 0 Å². The molecule has 0 saturated carbocycles. The molecule has 0 spiro atoms. The highest BCUT2D eigenvalue weighted by molar-refractivity contribution is 5.76. The van der Waals surface area contributed by atoms with Crippen LogP contribution >= 0.6 is 0 Å². The number of likely N-dealkylation sites (tertiary alicyclic amines) is 1. The van der Waals surface area contributed by atoms with E-state index < -0.39 is 0 Å². The summed E-state index contributed by atoms with van der Waals surface area (Å²) in [4.78, 5) is 17.8. The first-order valence-electron chi connectivity index (χ1n) is 6.14. The van der Waals surface area contributed by atoms with Crippen molar-refractivity contribution in [2.75, 3.05) is 19.7 Å². The topological polar surface area (TPSA) is 58.4 Å². The van der Waals surface area contributed by atoms with Gasteiger partial charge >= 0.3 is 0 Å². The first kappa shape index (κ1) is 12.1. The van der Waals surface area contributed by atoms with Crippen molar-refractivity contribution in [3.05, 3.63) is 18.7 Å². The summed E-state index contributed by atoms with van der Waals surface area (Å²) in [6, 6.07) is 0. The predicted octanol–water partition coefficient (Wildman–Crippen LogP) is 0.504. The van der Waals surface area contributed by atoms with Gasteiger partial charge in [-0.1, -0.05) is 0 Å². The standard InChI is InChI=1S/C12H19N3O2/c16-8-3-11-1-6-15(9-11)12(17)2-5-14-7-4-13-10-14/h4,7,10-11,16H,1-3,5-6,8-9H2. The first-order chi connectivity index (χ1) is 8.29. The van der Waals surface area contributed by atoms with Crippen LogP contribution in [0.2, 0.25) is 0 Å². The van der Waals surface area contributed by atoms with Crippen LogP contribution < -0.4 is 0 Å². The molecule has 1 saturated heterocycles. The van der Waals surface area contributed by atoms with Crippen LogP contribution in [0.1, 0.15) is 19.3 Å². The predicted molar refractivity (Wildman–Crippen MR) is 63.2 cm³/mol. The maximum atomic E-state index is 11.9. The van der Waals surface area contributed by atoms with Gasteiger partial charge in [-0.05, 0) is 18.8 Å². The molecule has 1 fully saturated rings. The number of hydrogen-bond acceptors (Lipinski definition) is 3. The van der Waals surface area contributed by atoms with Crippen LogP contribution in [0.5, 0.6) is 0 Å². The van der Waals surface area contributed by atoms with E-state index in [-0.39, 0.29) is 12.5 Å². The quantitative estimate of drug-likeness (QED) is 0.811. The Morgan fingerprint density at radius 3 is 3.12 bits per heavy atom. The molecule has 5 heteroatoms. The molecular formula is C12H19N3O2. The van der Waals surface area contributed by atoms with Gasteiger partial charge in [-0.3, -0.25) is 4.79 Å². The molecule has 94 valence electrons. The number of aliphatic hydroxyl groups excluding tert-OH is 1. The van der Waals surface area contributed by atoms with E-state index in [1.807, 2.05) is 15.7 Å². The molecule has 0 aliphatic carbocycles. The van der Waals surface area contributed by atoms with Crippen LogP contribution in [0, 0.1) is 5.92 Å². The summed E-state index contributed by atoms with van der Waals surface area (Å²) in [5.74, 6) is 0.691. The second kappa shape index (κ2) is 5.82. The van der Waals surface area contributed by atoms with Crippen LogP contribution in [0.3, 0.4) is 0 Å². The number of nitrogens with zero attached hydrogens (tertiary/aromatic N) is 3. The van der Waals surface area contributed by atoms with Crippen molar-refractivity contribution in [1.82, 2.24) is 14.5 Å². The van der Waals surface area contributed by atoms with Crippen molar-refractivity contribution >= 4 is 5.91 Å². The molecule has 1 aliphatic rings. The van der Waals surface area contributed by atoms with Crippen molar-refractivity contribution < 1.29 is 9.90 Å². The fourth-order valence-electron chi connectivity index (χ4n) is 2.28. The molecule has 1 aromatic heterocycles.